The molecule has 3 rings (SSSR count). The second-order valence-electron chi connectivity index (χ2n) is 4.99. The lowest BCUT2D eigenvalue weighted by Gasteiger charge is -2.24. The van der Waals surface area contributed by atoms with Crippen LogP contribution in [-0.2, 0) is 4.74 Å². The largest absolute Gasteiger partial charge is 0.382 e. The normalized spacial score (nSPS) is 15.5. The minimum atomic E-state index is -0.441. The Hall–Kier alpha value is -2.19. The summed E-state index contributed by atoms with van der Waals surface area (Å²) in [6.07, 6.45) is 3.29. The molecule has 0 aliphatic carbocycles. The maximum Gasteiger partial charge on any atom is 0.345 e. The van der Waals surface area contributed by atoms with E-state index in [9.17, 15) is 10.1 Å². The van der Waals surface area contributed by atoms with E-state index in [0.717, 1.165) is 48.8 Å². The van der Waals surface area contributed by atoms with Gasteiger partial charge in [0.15, 0.2) is 5.13 Å². The van der Waals surface area contributed by atoms with Gasteiger partial charge >= 0.3 is 5.00 Å². The average Bonchev–Trinajstić information content (AvgIpc) is 2.99. The van der Waals surface area contributed by atoms with Crippen LogP contribution in [0.3, 0.4) is 0 Å². The van der Waals surface area contributed by atoms with Crippen LogP contribution in [0, 0.1) is 10.1 Å². The van der Waals surface area contributed by atoms with E-state index >= 15 is 0 Å². The Morgan fingerprint density at radius 1 is 1.23 bits per heavy atom. The molecule has 1 aromatic heterocycles. The number of anilines is 3. The van der Waals surface area contributed by atoms with Crippen molar-refractivity contribution in [2.24, 2.45) is 0 Å². The Balaban J connectivity index is 1.59. The first kappa shape index (κ1) is 14.7. The Kier molecular flexibility index (Phi) is 4.50. The molecule has 2 aromatic rings. The molecule has 1 fully saturated rings. The summed E-state index contributed by atoms with van der Waals surface area (Å²) in [7, 11) is 0. The Bertz CT molecular complexity index is 638. The molecule has 0 amide bonds. The highest BCUT2D eigenvalue weighted by atomic mass is 32.1. The molecule has 2 heterocycles. The highest BCUT2D eigenvalue weighted by Gasteiger charge is 2.13. The summed E-state index contributed by atoms with van der Waals surface area (Å²) < 4.78 is 5.34. The van der Waals surface area contributed by atoms with Crippen molar-refractivity contribution in [2.75, 3.05) is 23.8 Å². The summed E-state index contributed by atoms with van der Waals surface area (Å²) in [5, 5.41) is 17.7. The summed E-state index contributed by atoms with van der Waals surface area (Å²) in [6.45, 7) is 1.61. The van der Waals surface area contributed by atoms with Gasteiger partial charge in [0.2, 0.25) is 0 Å². The fourth-order valence-corrected chi connectivity index (χ4v) is 2.91. The number of rotatable bonds is 5. The standard InChI is InChI=1S/C14H16N4O3S/c19-18(20)13-9-15-14(22-13)17-11-3-1-10(2-4-11)16-12-5-7-21-8-6-12/h1-4,9,12,16H,5-8H2,(H,15,17). The van der Waals surface area contributed by atoms with E-state index in [1.165, 1.54) is 6.20 Å². The monoisotopic (exact) mass is 320 g/mol. The van der Waals surface area contributed by atoms with Crippen molar-refractivity contribution >= 4 is 32.8 Å². The molecule has 1 aliphatic rings. The van der Waals surface area contributed by atoms with Crippen molar-refractivity contribution in [3.63, 3.8) is 0 Å². The van der Waals surface area contributed by atoms with E-state index < -0.39 is 4.92 Å². The minimum absolute atomic E-state index is 0.0281. The van der Waals surface area contributed by atoms with Crippen molar-refractivity contribution in [1.29, 1.82) is 0 Å². The molecule has 0 spiro atoms. The molecule has 116 valence electrons. The number of hydrogen-bond donors (Lipinski definition) is 2. The van der Waals surface area contributed by atoms with Crippen LogP contribution in [0.1, 0.15) is 12.8 Å². The Morgan fingerprint density at radius 2 is 1.91 bits per heavy atom. The van der Waals surface area contributed by atoms with E-state index in [0.29, 0.717) is 11.2 Å². The zero-order valence-electron chi connectivity index (χ0n) is 11.8. The van der Waals surface area contributed by atoms with Crippen molar-refractivity contribution in [3.05, 3.63) is 40.6 Å². The average molecular weight is 320 g/mol. The van der Waals surface area contributed by atoms with Gasteiger partial charge in [-0.2, -0.15) is 0 Å². The third-order valence-corrected chi connectivity index (χ3v) is 4.27. The molecular formula is C14H16N4O3S. The van der Waals surface area contributed by atoms with Gasteiger partial charge in [0.25, 0.3) is 0 Å². The van der Waals surface area contributed by atoms with Crippen LogP contribution >= 0.6 is 11.3 Å². The van der Waals surface area contributed by atoms with Crippen LogP contribution in [-0.4, -0.2) is 29.2 Å². The number of thiazole rings is 1. The highest BCUT2D eigenvalue weighted by Crippen LogP contribution is 2.28. The Labute approximate surface area is 131 Å². The number of nitrogens with zero attached hydrogens (tertiary/aromatic N) is 2. The minimum Gasteiger partial charge on any atom is -0.382 e. The van der Waals surface area contributed by atoms with E-state index in [1.807, 2.05) is 24.3 Å². The maximum atomic E-state index is 10.6. The first-order valence-electron chi connectivity index (χ1n) is 7.02. The van der Waals surface area contributed by atoms with Crippen molar-refractivity contribution in [2.45, 2.75) is 18.9 Å². The molecule has 1 aliphatic heterocycles. The van der Waals surface area contributed by atoms with Crippen molar-refractivity contribution in [1.82, 2.24) is 4.98 Å². The van der Waals surface area contributed by atoms with Crippen LogP contribution < -0.4 is 10.6 Å². The molecule has 0 saturated carbocycles. The van der Waals surface area contributed by atoms with E-state index in [1.54, 1.807) is 0 Å². The number of nitrogens with one attached hydrogen (secondary N) is 2. The number of hydrogen-bond acceptors (Lipinski definition) is 7. The molecule has 1 saturated heterocycles. The lowest BCUT2D eigenvalue weighted by Crippen LogP contribution is -2.27. The first-order chi connectivity index (χ1) is 10.7. The molecular weight excluding hydrogens is 304 g/mol. The fraction of sp³-hybridized carbons (Fsp3) is 0.357. The van der Waals surface area contributed by atoms with Gasteiger partial charge in [-0.25, -0.2) is 4.98 Å². The van der Waals surface area contributed by atoms with Crippen molar-refractivity contribution in [3.8, 4) is 0 Å². The lowest BCUT2D eigenvalue weighted by molar-refractivity contribution is -0.380. The number of nitro groups is 1. The molecule has 0 bridgehead atoms. The molecule has 0 atom stereocenters. The third-order valence-electron chi connectivity index (χ3n) is 3.40. The van der Waals surface area contributed by atoms with Gasteiger partial charge in [-0.05, 0) is 48.4 Å². The molecule has 1 aromatic carbocycles. The van der Waals surface area contributed by atoms with Gasteiger partial charge in [0.1, 0.15) is 6.20 Å². The zero-order chi connectivity index (χ0) is 15.4. The SMILES string of the molecule is O=[N+]([O-])c1cnc(Nc2ccc(NC3CCOCC3)cc2)s1. The lowest BCUT2D eigenvalue weighted by atomic mass is 10.1. The van der Waals surface area contributed by atoms with Crippen LogP contribution in [0.2, 0.25) is 0 Å². The van der Waals surface area contributed by atoms with E-state index in [-0.39, 0.29) is 5.00 Å². The topological polar surface area (TPSA) is 89.3 Å². The smallest absolute Gasteiger partial charge is 0.345 e. The summed E-state index contributed by atoms with van der Waals surface area (Å²) in [5.41, 5.74) is 1.91. The predicted molar refractivity (Wildman–Crippen MR) is 86.0 cm³/mol. The van der Waals surface area contributed by atoms with Crippen LogP contribution in [0.4, 0.5) is 21.5 Å². The summed E-state index contributed by atoms with van der Waals surface area (Å²) in [5.74, 6) is 0. The highest BCUT2D eigenvalue weighted by molar-refractivity contribution is 7.18. The second-order valence-corrected chi connectivity index (χ2v) is 6.00. The molecule has 0 unspecified atom stereocenters. The molecule has 2 N–H and O–H groups in total. The van der Waals surface area contributed by atoms with Crippen molar-refractivity contribution < 1.29 is 9.66 Å². The van der Waals surface area contributed by atoms with E-state index in [2.05, 4.69) is 15.6 Å². The van der Waals surface area contributed by atoms with Gasteiger partial charge < -0.3 is 15.4 Å². The summed E-state index contributed by atoms with van der Waals surface area (Å²) >= 11 is 1.02. The second kappa shape index (κ2) is 6.71. The van der Waals surface area contributed by atoms with Gasteiger partial charge in [-0.15, -0.1) is 0 Å². The van der Waals surface area contributed by atoms with Crippen LogP contribution in [0.15, 0.2) is 30.5 Å². The number of ether oxygens (including phenoxy) is 1. The summed E-state index contributed by atoms with van der Waals surface area (Å²) in [6, 6.07) is 8.28. The third kappa shape index (κ3) is 3.71. The quantitative estimate of drug-likeness (QED) is 0.648. The van der Waals surface area contributed by atoms with Gasteiger partial charge in [-0.1, -0.05) is 0 Å². The maximum absolute atomic E-state index is 10.6. The van der Waals surface area contributed by atoms with Gasteiger partial charge in [0.05, 0.1) is 4.92 Å². The van der Waals surface area contributed by atoms with Crippen LogP contribution in [0.5, 0.6) is 0 Å². The molecule has 7 nitrogen and oxygen atoms in total. The van der Waals surface area contributed by atoms with Gasteiger partial charge in [-0.3, -0.25) is 10.1 Å². The first-order valence-corrected chi connectivity index (χ1v) is 7.84. The zero-order valence-corrected chi connectivity index (χ0v) is 12.6. The number of benzene rings is 1. The molecule has 0 radical (unpaired) electrons. The predicted octanol–water partition coefficient (Wildman–Crippen LogP) is 3.39. The van der Waals surface area contributed by atoms with E-state index in [4.69, 9.17) is 4.74 Å². The van der Waals surface area contributed by atoms with Crippen LogP contribution in [0.25, 0.3) is 0 Å². The van der Waals surface area contributed by atoms with Gasteiger partial charge in [0, 0.05) is 30.6 Å². The molecule has 8 heteroatoms. The Morgan fingerprint density at radius 3 is 2.55 bits per heavy atom. The fourth-order valence-electron chi connectivity index (χ4n) is 2.26. The summed E-state index contributed by atoms with van der Waals surface area (Å²) in [4.78, 5) is 14.2. The number of aromatic nitrogens is 1. The molecule has 22 heavy (non-hydrogen) atoms.